The molecule has 0 bridgehead atoms. The fourth-order valence-corrected chi connectivity index (χ4v) is 3.55. The number of aromatic nitrogens is 1. The summed E-state index contributed by atoms with van der Waals surface area (Å²) in [5, 5.41) is 23.6. The Balaban J connectivity index is 1.85. The average molecular weight is 469 g/mol. The normalized spacial score (nSPS) is 10.3. The summed E-state index contributed by atoms with van der Waals surface area (Å²) in [6, 6.07) is 13.8. The van der Waals surface area contributed by atoms with Crippen LogP contribution in [0.2, 0.25) is 0 Å². The van der Waals surface area contributed by atoms with Crippen LogP contribution in [0.5, 0.6) is 0 Å². The molecule has 0 amide bonds. The zero-order valence-corrected chi connectivity index (χ0v) is 17.5. The Kier molecular flexibility index (Phi) is 6.49. The standard InChI is InChI=1S/C21H17BrN4O4/c1-2-30-21(27)15-4-3-5-18(26(28)29)20(15)25-11-13-6-8-14(9-7-13)19-16(22)12-24-17(19)10-23/h3-9,12,24-25H,2,11H2,1H3. The quantitative estimate of drug-likeness (QED) is 0.285. The topological polar surface area (TPSA) is 121 Å². The molecule has 0 radical (unpaired) electrons. The van der Waals surface area contributed by atoms with Crippen LogP contribution in [0.15, 0.2) is 53.1 Å². The van der Waals surface area contributed by atoms with Crippen LogP contribution in [0.4, 0.5) is 11.4 Å². The summed E-state index contributed by atoms with van der Waals surface area (Å²) in [5.41, 5.74) is 2.93. The van der Waals surface area contributed by atoms with E-state index in [4.69, 9.17) is 4.74 Å². The van der Waals surface area contributed by atoms with E-state index in [2.05, 4.69) is 32.3 Å². The molecule has 0 saturated heterocycles. The molecule has 2 aromatic carbocycles. The summed E-state index contributed by atoms with van der Waals surface area (Å²) in [6.45, 7) is 2.10. The number of ether oxygens (including phenoxy) is 1. The van der Waals surface area contributed by atoms with Gasteiger partial charge in [-0.15, -0.1) is 0 Å². The highest BCUT2D eigenvalue weighted by molar-refractivity contribution is 9.10. The van der Waals surface area contributed by atoms with Crippen molar-refractivity contribution in [1.82, 2.24) is 4.98 Å². The molecule has 3 aromatic rings. The molecule has 0 fully saturated rings. The Labute approximate surface area is 180 Å². The van der Waals surface area contributed by atoms with Crippen molar-refractivity contribution in [3.63, 3.8) is 0 Å². The van der Waals surface area contributed by atoms with Crippen LogP contribution >= 0.6 is 15.9 Å². The van der Waals surface area contributed by atoms with Crippen LogP contribution in [0.3, 0.4) is 0 Å². The van der Waals surface area contributed by atoms with E-state index < -0.39 is 10.9 Å². The van der Waals surface area contributed by atoms with Gasteiger partial charge < -0.3 is 15.0 Å². The van der Waals surface area contributed by atoms with Crippen molar-refractivity contribution in [2.24, 2.45) is 0 Å². The second-order valence-electron chi connectivity index (χ2n) is 6.23. The lowest BCUT2D eigenvalue weighted by Crippen LogP contribution is -2.11. The SMILES string of the molecule is CCOC(=O)c1cccc([N+](=O)[O-])c1NCc1ccc(-c2c(Br)c[nH]c2C#N)cc1. The number of nitro benzene ring substituents is 1. The van der Waals surface area contributed by atoms with E-state index in [1.165, 1.54) is 18.2 Å². The maximum absolute atomic E-state index is 12.2. The van der Waals surface area contributed by atoms with Crippen LogP contribution in [-0.4, -0.2) is 22.5 Å². The molecule has 30 heavy (non-hydrogen) atoms. The van der Waals surface area contributed by atoms with Gasteiger partial charge in [0.05, 0.1) is 17.1 Å². The molecule has 0 spiro atoms. The fourth-order valence-electron chi connectivity index (χ4n) is 3.01. The molecule has 9 heteroatoms. The van der Waals surface area contributed by atoms with E-state index >= 15 is 0 Å². The molecular weight excluding hydrogens is 452 g/mol. The summed E-state index contributed by atoms with van der Waals surface area (Å²) >= 11 is 3.43. The van der Waals surface area contributed by atoms with Crippen molar-refractivity contribution in [1.29, 1.82) is 5.26 Å². The number of nitrogens with one attached hydrogen (secondary N) is 2. The van der Waals surface area contributed by atoms with Gasteiger partial charge in [-0.2, -0.15) is 5.26 Å². The number of H-pyrrole nitrogens is 1. The number of carbonyl (C=O) groups is 1. The van der Waals surface area contributed by atoms with Gasteiger partial charge in [0.15, 0.2) is 0 Å². The number of nitriles is 1. The van der Waals surface area contributed by atoms with Gasteiger partial charge in [0.2, 0.25) is 0 Å². The second-order valence-corrected chi connectivity index (χ2v) is 7.08. The number of para-hydroxylation sites is 1. The number of benzene rings is 2. The molecule has 1 aromatic heterocycles. The minimum atomic E-state index is -0.625. The number of rotatable bonds is 7. The third-order valence-corrected chi connectivity index (χ3v) is 5.02. The zero-order chi connectivity index (χ0) is 21.7. The summed E-state index contributed by atoms with van der Waals surface area (Å²) in [6.07, 6.45) is 1.70. The first-order chi connectivity index (χ1) is 14.5. The second kappa shape index (κ2) is 9.24. The molecular formula is C21H17BrN4O4. The van der Waals surface area contributed by atoms with E-state index in [0.717, 1.165) is 21.2 Å². The number of hydrogen-bond donors (Lipinski definition) is 2. The van der Waals surface area contributed by atoms with E-state index in [1.54, 1.807) is 13.1 Å². The molecule has 0 atom stereocenters. The van der Waals surface area contributed by atoms with Gasteiger partial charge in [-0.1, -0.05) is 30.3 Å². The highest BCUT2D eigenvalue weighted by atomic mass is 79.9. The van der Waals surface area contributed by atoms with Gasteiger partial charge in [0.25, 0.3) is 5.69 Å². The van der Waals surface area contributed by atoms with E-state index in [0.29, 0.717) is 5.69 Å². The van der Waals surface area contributed by atoms with Crippen LogP contribution in [0.1, 0.15) is 28.5 Å². The molecule has 8 nitrogen and oxygen atoms in total. The van der Waals surface area contributed by atoms with Gasteiger partial charge in [0.1, 0.15) is 17.5 Å². The summed E-state index contributed by atoms with van der Waals surface area (Å²) < 4.78 is 5.79. The number of aromatic amines is 1. The Morgan fingerprint density at radius 2 is 2.03 bits per heavy atom. The van der Waals surface area contributed by atoms with Crippen LogP contribution < -0.4 is 5.32 Å². The third-order valence-electron chi connectivity index (χ3n) is 4.39. The number of halogens is 1. The van der Waals surface area contributed by atoms with E-state index in [1.807, 2.05) is 24.3 Å². The monoisotopic (exact) mass is 468 g/mol. The molecule has 0 aliphatic heterocycles. The first kappa shape index (κ1) is 21.1. The summed E-state index contributed by atoms with van der Waals surface area (Å²) in [5.74, 6) is -0.625. The minimum Gasteiger partial charge on any atom is -0.462 e. The molecule has 1 heterocycles. The van der Waals surface area contributed by atoms with Gasteiger partial charge in [-0.25, -0.2) is 4.79 Å². The van der Waals surface area contributed by atoms with Gasteiger partial charge in [-0.05, 0) is 40.0 Å². The number of hydrogen-bond acceptors (Lipinski definition) is 6. The highest BCUT2D eigenvalue weighted by Gasteiger charge is 2.22. The van der Waals surface area contributed by atoms with Crippen molar-refractivity contribution in [2.75, 3.05) is 11.9 Å². The Morgan fingerprint density at radius 1 is 1.30 bits per heavy atom. The molecule has 2 N–H and O–H groups in total. The Morgan fingerprint density at radius 3 is 2.67 bits per heavy atom. The molecule has 0 aliphatic carbocycles. The fraction of sp³-hybridized carbons (Fsp3) is 0.143. The maximum Gasteiger partial charge on any atom is 0.340 e. The number of anilines is 1. The van der Waals surface area contributed by atoms with Crippen molar-refractivity contribution < 1.29 is 14.5 Å². The van der Waals surface area contributed by atoms with Crippen LogP contribution in [0, 0.1) is 21.4 Å². The minimum absolute atomic E-state index is 0.109. The number of nitro groups is 1. The number of carbonyl (C=O) groups excluding carboxylic acids is 1. The summed E-state index contributed by atoms with van der Waals surface area (Å²) in [7, 11) is 0. The first-order valence-electron chi connectivity index (χ1n) is 9.01. The largest absolute Gasteiger partial charge is 0.462 e. The smallest absolute Gasteiger partial charge is 0.340 e. The van der Waals surface area contributed by atoms with Gasteiger partial charge in [-0.3, -0.25) is 10.1 Å². The van der Waals surface area contributed by atoms with E-state index in [9.17, 15) is 20.2 Å². The van der Waals surface area contributed by atoms with Crippen molar-refractivity contribution in [3.05, 3.63) is 80.1 Å². The van der Waals surface area contributed by atoms with Crippen LogP contribution in [0.25, 0.3) is 11.1 Å². The molecule has 3 rings (SSSR count). The molecule has 152 valence electrons. The lowest BCUT2D eigenvalue weighted by atomic mass is 10.0. The zero-order valence-electron chi connectivity index (χ0n) is 15.9. The highest BCUT2D eigenvalue weighted by Crippen LogP contribution is 2.32. The molecule has 0 aliphatic rings. The van der Waals surface area contributed by atoms with Gasteiger partial charge >= 0.3 is 5.97 Å². The predicted molar refractivity (Wildman–Crippen MR) is 115 cm³/mol. The van der Waals surface area contributed by atoms with Crippen molar-refractivity contribution >= 4 is 33.3 Å². The summed E-state index contributed by atoms with van der Waals surface area (Å²) in [4.78, 5) is 26.0. The molecule has 0 unspecified atom stereocenters. The van der Waals surface area contributed by atoms with E-state index in [-0.39, 0.29) is 30.1 Å². The molecule has 0 saturated carbocycles. The van der Waals surface area contributed by atoms with Crippen LogP contribution in [-0.2, 0) is 11.3 Å². The average Bonchev–Trinajstić information content (AvgIpc) is 3.13. The number of nitrogens with zero attached hydrogens (tertiary/aromatic N) is 2. The van der Waals surface area contributed by atoms with Crippen molar-refractivity contribution in [2.45, 2.75) is 13.5 Å². The van der Waals surface area contributed by atoms with Crippen molar-refractivity contribution in [3.8, 4) is 17.2 Å². The predicted octanol–water partition coefficient (Wildman–Crippen LogP) is 5.01. The Hall–Kier alpha value is -3.64. The van der Waals surface area contributed by atoms with Gasteiger partial charge in [0, 0.05) is 28.8 Å². The lowest BCUT2D eigenvalue weighted by Gasteiger charge is -2.12. The Bertz CT molecular complexity index is 1130. The lowest BCUT2D eigenvalue weighted by molar-refractivity contribution is -0.384. The number of esters is 1. The third kappa shape index (κ3) is 4.34. The maximum atomic E-state index is 12.2. The first-order valence-corrected chi connectivity index (χ1v) is 9.80.